The summed E-state index contributed by atoms with van der Waals surface area (Å²) >= 11 is 0. The van der Waals surface area contributed by atoms with Crippen LogP contribution in [0, 0.1) is 12.7 Å². The van der Waals surface area contributed by atoms with E-state index in [4.69, 9.17) is 4.74 Å². The number of hydrogen-bond donors (Lipinski definition) is 2. The number of amides is 2. The molecule has 33 heavy (non-hydrogen) atoms. The molecule has 1 heterocycles. The number of aromatic nitrogens is 1. The zero-order valence-corrected chi connectivity index (χ0v) is 17.3. The van der Waals surface area contributed by atoms with E-state index in [-0.39, 0.29) is 17.6 Å². The van der Waals surface area contributed by atoms with Crippen LogP contribution >= 0.6 is 0 Å². The zero-order valence-electron chi connectivity index (χ0n) is 17.3. The van der Waals surface area contributed by atoms with Gasteiger partial charge in [-0.05, 0) is 55.0 Å². The maximum atomic E-state index is 14.0. The van der Waals surface area contributed by atoms with Crippen LogP contribution in [0.3, 0.4) is 0 Å². The second-order valence-electron chi connectivity index (χ2n) is 6.73. The van der Waals surface area contributed by atoms with Crippen LogP contribution < -0.4 is 15.4 Å². The summed E-state index contributed by atoms with van der Waals surface area (Å²) in [6, 6.07) is 9.42. The van der Waals surface area contributed by atoms with Gasteiger partial charge in [0.05, 0.1) is 30.1 Å². The molecule has 2 aromatic carbocycles. The number of anilines is 2. The quantitative estimate of drug-likeness (QED) is 0.469. The van der Waals surface area contributed by atoms with Gasteiger partial charge in [0.25, 0.3) is 5.91 Å². The van der Waals surface area contributed by atoms with Crippen molar-refractivity contribution in [1.29, 1.82) is 0 Å². The first kappa shape index (κ1) is 23.5. The molecule has 2 amide bonds. The molecule has 0 saturated carbocycles. The summed E-state index contributed by atoms with van der Waals surface area (Å²) in [6.45, 7) is 1.75. The average molecular weight is 463 g/mol. The molecule has 172 valence electrons. The Balaban J connectivity index is 1.66. The molecule has 3 aromatic rings. The van der Waals surface area contributed by atoms with Crippen LogP contribution in [0.5, 0.6) is 11.6 Å². The zero-order chi connectivity index (χ0) is 24.2. The van der Waals surface area contributed by atoms with Gasteiger partial charge in [-0.25, -0.2) is 14.2 Å². The van der Waals surface area contributed by atoms with Crippen molar-refractivity contribution in [1.82, 2.24) is 4.98 Å². The van der Waals surface area contributed by atoms with Crippen molar-refractivity contribution in [3.63, 3.8) is 0 Å². The molecule has 2 N–H and O–H groups in total. The molecule has 0 unspecified atom stereocenters. The third-order valence-electron chi connectivity index (χ3n) is 4.36. The van der Waals surface area contributed by atoms with Crippen LogP contribution in [0.25, 0.3) is 0 Å². The van der Waals surface area contributed by atoms with E-state index in [1.807, 2.05) is 0 Å². The Morgan fingerprint density at radius 3 is 2.27 bits per heavy atom. The highest BCUT2D eigenvalue weighted by Crippen LogP contribution is 2.30. The number of hydrogen-bond acceptors (Lipinski definition) is 5. The predicted molar refractivity (Wildman–Crippen MR) is 111 cm³/mol. The number of aryl methyl sites for hydroxylation is 1. The first-order valence-electron chi connectivity index (χ1n) is 9.34. The van der Waals surface area contributed by atoms with Gasteiger partial charge in [-0.2, -0.15) is 13.2 Å². The summed E-state index contributed by atoms with van der Waals surface area (Å²) in [5.74, 6) is -1.58. The van der Waals surface area contributed by atoms with Crippen molar-refractivity contribution in [2.45, 2.75) is 13.1 Å². The Morgan fingerprint density at radius 2 is 1.70 bits per heavy atom. The summed E-state index contributed by atoms with van der Waals surface area (Å²) in [6.07, 6.45) is -4.08. The number of benzene rings is 2. The van der Waals surface area contributed by atoms with E-state index >= 15 is 0 Å². The van der Waals surface area contributed by atoms with Gasteiger partial charge in [0.15, 0.2) is 0 Å². The molecule has 1 aromatic heterocycles. The van der Waals surface area contributed by atoms with Crippen LogP contribution in [0.1, 0.15) is 21.5 Å². The molecule has 0 aliphatic heterocycles. The standard InChI is InChI=1S/C22H17F4N3O4/c1-12-9-14(29-21(31)32-2)4-7-18(12)33-19-8-5-15(11-27-19)28-20(30)16-6-3-13(10-17(16)23)22(24,25)26/h3-11H,1-2H3,(H,28,30)(H,29,31). The second kappa shape index (κ2) is 9.55. The van der Waals surface area contributed by atoms with Crippen LogP contribution in [0.4, 0.5) is 33.7 Å². The SMILES string of the molecule is COC(=O)Nc1ccc(Oc2ccc(NC(=O)c3ccc(C(F)(F)F)cc3F)cn2)c(C)c1. The minimum Gasteiger partial charge on any atom is -0.453 e. The lowest BCUT2D eigenvalue weighted by atomic mass is 10.1. The topological polar surface area (TPSA) is 89.5 Å². The van der Waals surface area contributed by atoms with Crippen molar-refractivity contribution in [3.05, 3.63) is 77.2 Å². The summed E-state index contributed by atoms with van der Waals surface area (Å²) < 4.78 is 62.1. The molecular weight excluding hydrogens is 446 g/mol. The van der Waals surface area contributed by atoms with E-state index in [1.54, 1.807) is 25.1 Å². The lowest BCUT2D eigenvalue weighted by molar-refractivity contribution is -0.137. The van der Waals surface area contributed by atoms with Crippen molar-refractivity contribution in [2.24, 2.45) is 0 Å². The normalized spacial score (nSPS) is 11.0. The molecule has 0 fully saturated rings. The van der Waals surface area contributed by atoms with Crippen molar-refractivity contribution >= 4 is 23.4 Å². The molecule has 0 radical (unpaired) electrons. The van der Waals surface area contributed by atoms with Gasteiger partial charge in [0.2, 0.25) is 5.88 Å². The Labute approximate surface area is 185 Å². The first-order chi connectivity index (χ1) is 15.6. The van der Waals surface area contributed by atoms with Gasteiger partial charge < -0.3 is 14.8 Å². The molecule has 0 bridgehead atoms. The summed E-state index contributed by atoms with van der Waals surface area (Å²) in [5, 5.41) is 4.88. The molecule has 0 aliphatic rings. The maximum Gasteiger partial charge on any atom is 0.416 e. The highest BCUT2D eigenvalue weighted by molar-refractivity contribution is 6.04. The van der Waals surface area contributed by atoms with Gasteiger partial charge in [0.1, 0.15) is 11.6 Å². The minimum atomic E-state index is -4.72. The number of halogens is 4. The van der Waals surface area contributed by atoms with Crippen LogP contribution in [-0.4, -0.2) is 24.1 Å². The maximum absolute atomic E-state index is 14.0. The van der Waals surface area contributed by atoms with E-state index in [1.165, 1.54) is 25.4 Å². The number of pyridine rings is 1. The second-order valence-corrected chi connectivity index (χ2v) is 6.73. The van der Waals surface area contributed by atoms with Crippen LogP contribution in [-0.2, 0) is 10.9 Å². The van der Waals surface area contributed by atoms with Gasteiger partial charge in [-0.3, -0.25) is 10.1 Å². The predicted octanol–water partition coefficient (Wildman–Crippen LogP) is 5.77. The van der Waals surface area contributed by atoms with Gasteiger partial charge in [-0.1, -0.05) is 0 Å². The number of alkyl halides is 3. The summed E-state index contributed by atoms with van der Waals surface area (Å²) in [4.78, 5) is 27.5. The number of nitrogens with zero attached hydrogens (tertiary/aromatic N) is 1. The molecule has 0 atom stereocenters. The van der Waals surface area contributed by atoms with Crippen molar-refractivity contribution in [3.8, 4) is 11.6 Å². The smallest absolute Gasteiger partial charge is 0.416 e. The van der Waals surface area contributed by atoms with E-state index in [0.717, 1.165) is 6.07 Å². The van der Waals surface area contributed by atoms with Crippen LogP contribution in [0.2, 0.25) is 0 Å². The number of carbonyl (C=O) groups excluding carboxylic acids is 2. The fourth-order valence-corrected chi connectivity index (χ4v) is 2.71. The third kappa shape index (κ3) is 5.97. The van der Waals surface area contributed by atoms with Gasteiger partial charge in [0, 0.05) is 11.8 Å². The Hall–Kier alpha value is -4.15. The Morgan fingerprint density at radius 1 is 0.970 bits per heavy atom. The average Bonchev–Trinajstić information content (AvgIpc) is 2.76. The number of carbonyl (C=O) groups is 2. The largest absolute Gasteiger partial charge is 0.453 e. The van der Waals surface area contributed by atoms with Gasteiger partial charge in [-0.15, -0.1) is 0 Å². The molecule has 7 nitrogen and oxygen atoms in total. The van der Waals surface area contributed by atoms with Crippen LogP contribution in [0.15, 0.2) is 54.7 Å². The molecule has 0 spiro atoms. The fraction of sp³-hybridized carbons (Fsp3) is 0.136. The summed E-state index contributed by atoms with van der Waals surface area (Å²) in [7, 11) is 1.25. The lowest BCUT2D eigenvalue weighted by Crippen LogP contribution is -2.15. The monoisotopic (exact) mass is 463 g/mol. The number of nitrogens with one attached hydrogen (secondary N) is 2. The highest BCUT2D eigenvalue weighted by Gasteiger charge is 2.31. The van der Waals surface area contributed by atoms with E-state index in [2.05, 4.69) is 20.4 Å². The summed E-state index contributed by atoms with van der Waals surface area (Å²) in [5.41, 5.74) is -0.348. The van der Waals surface area contributed by atoms with Crippen molar-refractivity contribution < 1.29 is 36.6 Å². The Kier molecular flexibility index (Phi) is 6.80. The molecule has 0 aliphatic carbocycles. The molecule has 3 rings (SSSR count). The minimum absolute atomic E-state index is 0.181. The lowest BCUT2D eigenvalue weighted by Gasteiger charge is -2.11. The number of rotatable bonds is 5. The number of methoxy groups -OCH3 is 1. The third-order valence-corrected chi connectivity index (χ3v) is 4.36. The molecule has 0 saturated heterocycles. The first-order valence-corrected chi connectivity index (χ1v) is 9.34. The fourth-order valence-electron chi connectivity index (χ4n) is 2.71. The van der Waals surface area contributed by atoms with E-state index < -0.39 is 35.1 Å². The van der Waals surface area contributed by atoms with E-state index in [9.17, 15) is 27.2 Å². The molecular formula is C22H17F4N3O4. The van der Waals surface area contributed by atoms with Crippen molar-refractivity contribution in [2.75, 3.05) is 17.7 Å². The Bertz CT molecular complexity index is 1180. The highest BCUT2D eigenvalue weighted by atomic mass is 19.4. The van der Waals surface area contributed by atoms with Gasteiger partial charge >= 0.3 is 12.3 Å². The molecule has 11 heteroatoms. The number of ether oxygens (including phenoxy) is 2. The van der Waals surface area contributed by atoms with E-state index in [0.29, 0.717) is 23.1 Å².